The molecule has 1 aromatic heterocycles. The lowest BCUT2D eigenvalue weighted by atomic mass is 10.1. The second kappa shape index (κ2) is 6.12. The van der Waals surface area contributed by atoms with Crippen molar-refractivity contribution in [3.8, 4) is 17.5 Å². The number of hydrogen-bond acceptors (Lipinski definition) is 5. The van der Waals surface area contributed by atoms with Crippen molar-refractivity contribution in [1.82, 2.24) is 15.5 Å². The van der Waals surface area contributed by atoms with Crippen LogP contribution in [0.3, 0.4) is 0 Å². The van der Waals surface area contributed by atoms with Crippen LogP contribution in [-0.2, 0) is 0 Å². The second-order valence-corrected chi connectivity index (χ2v) is 4.16. The highest BCUT2D eigenvalue weighted by molar-refractivity contribution is 5.55. The molecule has 1 atom stereocenters. The number of nitriles is 1. The summed E-state index contributed by atoms with van der Waals surface area (Å²) in [7, 11) is 0. The molecule has 1 heterocycles. The molecule has 0 saturated heterocycles. The molecule has 2 rings (SSSR count). The number of nitrogens with one attached hydrogen (secondary N) is 1. The lowest BCUT2D eigenvalue weighted by Crippen LogP contribution is -2.20. The van der Waals surface area contributed by atoms with E-state index in [0.717, 1.165) is 18.5 Å². The van der Waals surface area contributed by atoms with Gasteiger partial charge in [-0.15, -0.1) is 10.2 Å². The van der Waals surface area contributed by atoms with Crippen molar-refractivity contribution < 1.29 is 4.42 Å². The summed E-state index contributed by atoms with van der Waals surface area (Å²) in [6, 6.07) is 9.31. The van der Waals surface area contributed by atoms with E-state index in [9.17, 15) is 0 Å². The minimum absolute atomic E-state index is 0.0744. The summed E-state index contributed by atoms with van der Waals surface area (Å²) in [6.45, 7) is 4.95. The van der Waals surface area contributed by atoms with E-state index < -0.39 is 0 Å². The summed E-state index contributed by atoms with van der Waals surface area (Å²) in [5, 5.41) is 20.3. The first-order valence-corrected chi connectivity index (χ1v) is 6.35. The third-order valence-corrected chi connectivity index (χ3v) is 2.84. The van der Waals surface area contributed by atoms with Crippen LogP contribution >= 0.6 is 0 Å². The third kappa shape index (κ3) is 2.98. The summed E-state index contributed by atoms with van der Waals surface area (Å²) < 4.78 is 5.68. The van der Waals surface area contributed by atoms with Gasteiger partial charge in [-0.3, -0.25) is 0 Å². The molecule has 0 bridgehead atoms. The fraction of sp³-hybridized carbons (Fsp3) is 0.357. The molecule has 5 heteroatoms. The van der Waals surface area contributed by atoms with Gasteiger partial charge in [-0.05, 0) is 31.2 Å². The number of hydrogen-bond donors (Lipinski definition) is 1. The van der Waals surface area contributed by atoms with E-state index in [4.69, 9.17) is 9.68 Å². The van der Waals surface area contributed by atoms with Crippen LogP contribution in [0.5, 0.6) is 0 Å². The quantitative estimate of drug-likeness (QED) is 0.890. The van der Waals surface area contributed by atoms with Gasteiger partial charge < -0.3 is 9.73 Å². The monoisotopic (exact) mass is 256 g/mol. The number of benzene rings is 1. The zero-order chi connectivity index (χ0) is 13.7. The molecule has 1 aromatic carbocycles. The molecule has 0 radical (unpaired) electrons. The molecule has 0 saturated carbocycles. The van der Waals surface area contributed by atoms with Gasteiger partial charge in [-0.1, -0.05) is 19.9 Å². The van der Waals surface area contributed by atoms with Gasteiger partial charge in [0.1, 0.15) is 0 Å². The van der Waals surface area contributed by atoms with E-state index in [1.54, 1.807) is 18.2 Å². The molecular weight excluding hydrogens is 240 g/mol. The minimum atomic E-state index is 0.0744. The molecule has 0 spiro atoms. The Hall–Kier alpha value is -2.19. The SMILES string of the molecule is CCNC(CC)c1nnc(-c2cccc(C#N)c2)o1. The molecule has 0 fully saturated rings. The fourth-order valence-corrected chi connectivity index (χ4v) is 1.87. The van der Waals surface area contributed by atoms with Gasteiger partial charge in [0.25, 0.3) is 0 Å². The Balaban J connectivity index is 2.27. The summed E-state index contributed by atoms with van der Waals surface area (Å²) in [6.07, 6.45) is 0.883. The normalized spacial score (nSPS) is 12.1. The van der Waals surface area contributed by atoms with Gasteiger partial charge in [0, 0.05) is 5.56 Å². The van der Waals surface area contributed by atoms with Crippen molar-refractivity contribution in [2.45, 2.75) is 26.3 Å². The molecule has 5 nitrogen and oxygen atoms in total. The fourth-order valence-electron chi connectivity index (χ4n) is 1.87. The lowest BCUT2D eigenvalue weighted by Gasteiger charge is -2.09. The zero-order valence-corrected chi connectivity index (χ0v) is 11.1. The standard InChI is InChI=1S/C14H16N4O/c1-3-12(16-4-2)14-18-17-13(19-14)11-7-5-6-10(8-11)9-15/h5-8,12,16H,3-4H2,1-2H3. The predicted octanol–water partition coefficient (Wildman–Crippen LogP) is 2.67. The molecule has 0 aliphatic heterocycles. The molecule has 2 aromatic rings. The molecule has 1 N–H and O–H groups in total. The Labute approximate surface area is 112 Å². The molecular formula is C14H16N4O. The average molecular weight is 256 g/mol. The van der Waals surface area contributed by atoms with E-state index in [0.29, 0.717) is 17.3 Å². The number of rotatable bonds is 5. The van der Waals surface area contributed by atoms with Crippen molar-refractivity contribution in [3.05, 3.63) is 35.7 Å². The average Bonchev–Trinajstić information content (AvgIpc) is 2.94. The Bertz CT molecular complexity index is 585. The summed E-state index contributed by atoms with van der Waals surface area (Å²) in [5.74, 6) is 1.03. The van der Waals surface area contributed by atoms with Crippen LogP contribution in [0.15, 0.2) is 28.7 Å². The van der Waals surface area contributed by atoms with Crippen LogP contribution in [-0.4, -0.2) is 16.7 Å². The maximum Gasteiger partial charge on any atom is 0.247 e. The van der Waals surface area contributed by atoms with Gasteiger partial charge in [-0.25, -0.2) is 0 Å². The maximum atomic E-state index is 8.88. The second-order valence-electron chi connectivity index (χ2n) is 4.16. The topological polar surface area (TPSA) is 74.7 Å². The van der Waals surface area contributed by atoms with Crippen molar-refractivity contribution in [3.63, 3.8) is 0 Å². The first-order chi connectivity index (χ1) is 9.28. The smallest absolute Gasteiger partial charge is 0.247 e. The first-order valence-electron chi connectivity index (χ1n) is 6.35. The van der Waals surface area contributed by atoms with Crippen LogP contribution in [0, 0.1) is 11.3 Å². The Kier molecular flexibility index (Phi) is 4.26. The van der Waals surface area contributed by atoms with Gasteiger partial charge in [0.2, 0.25) is 11.8 Å². The van der Waals surface area contributed by atoms with Gasteiger partial charge in [0.15, 0.2) is 0 Å². The zero-order valence-electron chi connectivity index (χ0n) is 11.1. The number of nitrogens with zero attached hydrogens (tertiary/aromatic N) is 3. The van der Waals surface area contributed by atoms with Crippen LogP contribution < -0.4 is 5.32 Å². The summed E-state index contributed by atoms with van der Waals surface area (Å²) in [5.41, 5.74) is 1.35. The van der Waals surface area contributed by atoms with E-state index in [2.05, 4.69) is 28.5 Å². The molecule has 98 valence electrons. The Morgan fingerprint density at radius 2 is 2.21 bits per heavy atom. The molecule has 0 aliphatic rings. The highest BCUT2D eigenvalue weighted by Crippen LogP contribution is 2.22. The predicted molar refractivity (Wildman–Crippen MR) is 71.2 cm³/mol. The van der Waals surface area contributed by atoms with Crippen molar-refractivity contribution >= 4 is 0 Å². The van der Waals surface area contributed by atoms with E-state index in [1.165, 1.54) is 0 Å². The Morgan fingerprint density at radius 3 is 2.89 bits per heavy atom. The van der Waals surface area contributed by atoms with E-state index in [-0.39, 0.29) is 6.04 Å². The summed E-state index contributed by atoms with van der Waals surface area (Å²) in [4.78, 5) is 0. The van der Waals surface area contributed by atoms with Crippen molar-refractivity contribution in [1.29, 1.82) is 5.26 Å². The van der Waals surface area contributed by atoms with Crippen molar-refractivity contribution in [2.75, 3.05) is 6.54 Å². The van der Waals surface area contributed by atoms with E-state index in [1.807, 2.05) is 13.0 Å². The lowest BCUT2D eigenvalue weighted by molar-refractivity contribution is 0.402. The van der Waals surface area contributed by atoms with Crippen LogP contribution in [0.1, 0.15) is 37.8 Å². The Morgan fingerprint density at radius 1 is 1.37 bits per heavy atom. The molecule has 0 aliphatic carbocycles. The maximum absolute atomic E-state index is 8.88. The third-order valence-electron chi connectivity index (χ3n) is 2.84. The minimum Gasteiger partial charge on any atom is -0.419 e. The van der Waals surface area contributed by atoms with Crippen molar-refractivity contribution in [2.24, 2.45) is 0 Å². The number of aromatic nitrogens is 2. The van der Waals surface area contributed by atoms with Gasteiger partial charge in [-0.2, -0.15) is 5.26 Å². The van der Waals surface area contributed by atoms with Crippen LogP contribution in [0.2, 0.25) is 0 Å². The summed E-state index contributed by atoms with van der Waals surface area (Å²) >= 11 is 0. The molecule has 0 amide bonds. The van der Waals surface area contributed by atoms with E-state index >= 15 is 0 Å². The van der Waals surface area contributed by atoms with Crippen LogP contribution in [0.4, 0.5) is 0 Å². The molecule has 1 unspecified atom stereocenters. The van der Waals surface area contributed by atoms with Gasteiger partial charge in [0.05, 0.1) is 17.7 Å². The largest absolute Gasteiger partial charge is 0.419 e. The van der Waals surface area contributed by atoms with Gasteiger partial charge >= 0.3 is 0 Å². The highest BCUT2D eigenvalue weighted by Gasteiger charge is 2.16. The first kappa shape index (κ1) is 13.2. The molecule has 19 heavy (non-hydrogen) atoms. The highest BCUT2D eigenvalue weighted by atomic mass is 16.4. The van der Waals surface area contributed by atoms with Crippen LogP contribution in [0.25, 0.3) is 11.5 Å².